The van der Waals surface area contributed by atoms with Crippen molar-refractivity contribution in [2.24, 2.45) is 0 Å². The van der Waals surface area contributed by atoms with E-state index in [9.17, 15) is 14.9 Å². The number of nitrogens with zero attached hydrogens (tertiary/aromatic N) is 1. The van der Waals surface area contributed by atoms with Gasteiger partial charge < -0.3 is 14.2 Å². The van der Waals surface area contributed by atoms with Crippen LogP contribution in [-0.2, 0) is 4.74 Å². The predicted molar refractivity (Wildman–Crippen MR) is 57.5 cm³/mol. The lowest BCUT2D eigenvalue weighted by Gasteiger charge is -2.09. The first-order chi connectivity index (χ1) is 8.04. The van der Waals surface area contributed by atoms with Crippen LogP contribution in [0.2, 0.25) is 0 Å². The smallest absolute Gasteiger partial charge is 0.338 e. The summed E-state index contributed by atoms with van der Waals surface area (Å²) in [7, 11) is 3.79. The molecule has 17 heavy (non-hydrogen) atoms. The Labute approximate surface area is 97.0 Å². The first-order valence-corrected chi connectivity index (χ1v) is 4.53. The third kappa shape index (κ3) is 2.44. The Balaban J connectivity index is 3.45. The maximum absolute atomic E-state index is 11.3. The second kappa shape index (κ2) is 5.15. The third-order valence-corrected chi connectivity index (χ3v) is 2.08. The summed E-state index contributed by atoms with van der Waals surface area (Å²) in [6.07, 6.45) is 0. The highest BCUT2D eigenvalue weighted by Crippen LogP contribution is 2.37. The van der Waals surface area contributed by atoms with Gasteiger partial charge in [-0.15, -0.1) is 0 Å². The van der Waals surface area contributed by atoms with Crippen LogP contribution in [-0.4, -0.2) is 32.2 Å². The zero-order valence-electron chi connectivity index (χ0n) is 9.55. The van der Waals surface area contributed by atoms with Crippen LogP contribution in [0.4, 0.5) is 5.69 Å². The highest BCUT2D eigenvalue weighted by molar-refractivity contribution is 5.91. The summed E-state index contributed by atoms with van der Waals surface area (Å²) < 4.78 is 14.3. The zero-order chi connectivity index (χ0) is 13.0. The van der Waals surface area contributed by atoms with Crippen molar-refractivity contribution in [3.63, 3.8) is 0 Å². The third-order valence-electron chi connectivity index (χ3n) is 2.08. The highest BCUT2D eigenvalue weighted by Gasteiger charge is 2.23. The molecule has 0 saturated carbocycles. The van der Waals surface area contributed by atoms with Gasteiger partial charge in [0.1, 0.15) is 0 Å². The van der Waals surface area contributed by atoms with Crippen molar-refractivity contribution in [2.75, 3.05) is 21.3 Å². The average Bonchev–Trinajstić information content (AvgIpc) is 2.35. The minimum atomic E-state index is -0.686. The maximum atomic E-state index is 11.3. The Morgan fingerprint density at radius 3 is 2.29 bits per heavy atom. The maximum Gasteiger partial charge on any atom is 0.338 e. The van der Waals surface area contributed by atoms with Gasteiger partial charge in [0.15, 0.2) is 5.75 Å². The number of rotatable bonds is 4. The molecule has 0 N–H and O–H groups in total. The first-order valence-electron chi connectivity index (χ1n) is 4.53. The summed E-state index contributed by atoms with van der Waals surface area (Å²) in [6.45, 7) is 0. The van der Waals surface area contributed by atoms with Gasteiger partial charge in [-0.05, 0) is 6.07 Å². The first kappa shape index (κ1) is 12.8. The van der Waals surface area contributed by atoms with Crippen LogP contribution in [0.5, 0.6) is 11.5 Å². The van der Waals surface area contributed by atoms with Crippen molar-refractivity contribution in [3.05, 3.63) is 27.8 Å². The van der Waals surface area contributed by atoms with Crippen molar-refractivity contribution in [1.82, 2.24) is 0 Å². The summed E-state index contributed by atoms with van der Waals surface area (Å²) in [5.41, 5.74) is -0.330. The Hall–Kier alpha value is -2.31. The number of carbonyl (C=O) groups is 1. The van der Waals surface area contributed by atoms with Crippen LogP contribution in [0.1, 0.15) is 10.4 Å². The average molecular weight is 241 g/mol. The van der Waals surface area contributed by atoms with Gasteiger partial charge in [0.05, 0.1) is 31.8 Å². The molecule has 0 bridgehead atoms. The monoisotopic (exact) mass is 241 g/mol. The predicted octanol–water partition coefficient (Wildman–Crippen LogP) is 1.40. The van der Waals surface area contributed by atoms with Gasteiger partial charge in [-0.3, -0.25) is 10.1 Å². The number of hydrogen-bond donors (Lipinski definition) is 0. The fourth-order valence-electron chi connectivity index (χ4n) is 1.32. The van der Waals surface area contributed by atoms with Crippen LogP contribution >= 0.6 is 0 Å². The van der Waals surface area contributed by atoms with Gasteiger partial charge in [-0.2, -0.15) is 0 Å². The molecule has 1 aromatic rings. The van der Waals surface area contributed by atoms with E-state index in [0.717, 1.165) is 6.07 Å². The molecule has 0 amide bonds. The molecule has 0 aliphatic heterocycles. The van der Waals surface area contributed by atoms with Crippen molar-refractivity contribution in [3.8, 4) is 11.5 Å². The van der Waals surface area contributed by atoms with Crippen molar-refractivity contribution >= 4 is 11.7 Å². The summed E-state index contributed by atoms with van der Waals surface area (Å²) in [6, 6.07) is 2.39. The van der Waals surface area contributed by atoms with Gasteiger partial charge in [0.25, 0.3) is 0 Å². The Kier molecular flexibility index (Phi) is 3.86. The van der Waals surface area contributed by atoms with E-state index < -0.39 is 10.9 Å². The lowest BCUT2D eigenvalue weighted by Crippen LogP contribution is -2.05. The minimum Gasteiger partial charge on any atom is -0.493 e. The Bertz CT molecular complexity index is 456. The van der Waals surface area contributed by atoms with E-state index in [0.29, 0.717) is 0 Å². The molecule has 0 aliphatic rings. The number of carbonyl (C=O) groups excluding carboxylic acids is 1. The standard InChI is InChI=1S/C10H11NO6/c1-15-8-5-6(10(12)17-3)4-7(11(13)14)9(8)16-2/h4-5H,1-3H3. The number of nitro groups is 1. The van der Waals surface area contributed by atoms with Crippen LogP contribution < -0.4 is 9.47 Å². The van der Waals surface area contributed by atoms with Gasteiger partial charge in [-0.1, -0.05) is 0 Å². The molecule has 0 atom stereocenters. The molecule has 0 spiro atoms. The molecule has 0 heterocycles. The van der Waals surface area contributed by atoms with E-state index in [4.69, 9.17) is 9.47 Å². The largest absolute Gasteiger partial charge is 0.493 e. The molecule has 0 aromatic heterocycles. The summed E-state index contributed by atoms with van der Waals surface area (Å²) >= 11 is 0. The number of ether oxygens (including phenoxy) is 3. The number of benzene rings is 1. The minimum absolute atomic E-state index is 0.0249. The number of esters is 1. The molecule has 7 heteroatoms. The molecule has 92 valence electrons. The summed E-state index contributed by atoms with van der Waals surface area (Å²) in [4.78, 5) is 21.5. The topological polar surface area (TPSA) is 87.9 Å². The molecule has 0 saturated heterocycles. The van der Waals surface area contributed by atoms with Gasteiger partial charge >= 0.3 is 11.7 Å². The van der Waals surface area contributed by atoms with Crippen molar-refractivity contribution in [1.29, 1.82) is 0 Å². The normalized spacial score (nSPS) is 9.59. The molecular weight excluding hydrogens is 230 g/mol. The quantitative estimate of drug-likeness (QED) is 0.449. The van der Waals surface area contributed by atoms with Crippen molar-refractivity contribution in [2.45, 2.75) is 0 Å². The zero-order valence-corrected chi connectivity index (χ0v) is 9.55. The van der Waals surface area contributed by atoms with Crippen LogP contribution in [0.25, 0.3) is 0 Å². The van der Waals surface area contributed by atoms with E-state index in [1.807, 2.05) is 0 Å². The number of hydrogen-bond acceptors (Lipinski definition) is 6. The fourth-order valence-corrected chi connectivity index (χ4v) is 1.32. The van der Waals surface area contributed by atoms with Crippen LogP contribution in [0.15, 0.2) is 12.1 Å². The molecule has 0 radical (unpaired) electrons. The number of nitro benzene ring substituents is 1. The van der Waals surface area contributed by atoms with E-state index in [2.05, 4.69) is 4.74 Å². The lowest BCUT2D eigenvalue weighted by molar-refractivity contribution is -0.385. The highest BCUT2D eigenvalue weighted by atomic mass is 16.6. The molecule has 1 rings (SSSR count). The van der Waals surface area contributed by atoms with E-state index in [1.54, 1.807) is 0 Å². The van der Waals surface area contributed by atoms with Gasteiger partial charge in [0, 0.05) is 6.07 Å². The molecule has 7 nitrogen and oxygen atoms in total. The molecule has 0 unspecified atom stereocenters. The van der Waals surface area contributed by atoms with E-state index >= 15 is 0 Å². The SMILES string of the molecule is COC(=O)c1cc(OC)c(OC)c([N+](=O)[O-])c1. The van der Waals surface area contributed by atoms with Gasteiger partial charge in [-0.25, -0.2) is 4.79 Å². The molecule has 0 fully saturated rings. The molecular formula is C10H11NO6. The second-order valence-electron chi connectivity index (χ2n) is 2.98. The summed E-state index contributed by atoms with van der Waals surface area (Å²) in [5, 5.41) is 10.8. The molecule has 0 aliphatic carbocycles. The second-order valence-corrected chi connectivity index (χ2v) is 2.98. The Morgan fingerprint density at radius 1 is 1.24 bits per heavy atom. The Morgan fingerprint density at radius 2 is 1.88 bits per heavy atom. The van der Waals surface area contributed by atoms with E-state index in [1.165, 1.54) is 27.4 Å². The van der Waals surface area contributed by atoms with E-state index in [-0.39, 0.29) is 22.7 Å². The fraction of sp³-hybridized carbons (Fsp3) is 0.300. The van der Waals surface area contributed by atoms with Crippen LogP contribution in [0.3, 0.4) is 0 Å². The summed E-state index contributed by atoms with van der Waals surface area (Å²) in [5.74, 6) is -0.624. The van der Waals surface area contributed by atoms with Crippen molar-refractivity contribution < 1.29 is 23.9 Å². The molecule has 1 aromatic carbocycles. The van der Waals surface area contributed by atoms with Crippen LogP contribution in [0, 0.1) is 10.1 Å². The lowest BCUT2D eigenvalue weighted by atomic mass is 10.1. The van der Waals surface area contributed by atoms with Gasteiger partial charge in [0.2, 0.25) is 5.75 Å². The number of methoxy groups -OCH3 is 3.